The maximum absolute atomic E-state index is 12.7. The van der Waals surface area contributed by atoms with E-state index in [0.29, 0.717) is 0 Å². The standard InChI is InChI=1S/C16H15F3N2O4/c17-16(18,19)11-1-2-12-10(7-11)8-13(25-12)15(24)21-5-3-20(4-6-21)14(23)9-22/h1-2,7-8,22H,3-6,9H2. The van der Waals surface area contributed by atoms with Gasteiger partial charge in [-0.05, 0) is 24.3 Å². The molecule has 0 unspecified atom stereocenters. The number of hydrogen-bond acceptors (Lipinski definition) is 4. The Hall–Kier alpha value is -2.55. The van der Waals surface area contributed by atoms with Gasteiger partial charge >= 0.3 is 6.18 Å². The van der Waals surface area contributed by atoms with Crippen molar-refractivity contribution in [3.63, 3.8) is 0 Å². The number of carbonyl (C=O) groups is 2. The van der Waals surface area contributed by atoms with Crippen molar-refractivity contribution in [1.82, 2.24) is 9.80 Å². The van der Waals surface area contributed by atoms with Gasteiger partial charge < -0.3 is 19.3 Å². The molecule has 1 aromatic carbocycles. The van der Waals surface area contributed by atoms with E-state index in [9.17, 15) is 22.8 Å². The lowest BCUT2D eigenvalue weighted by Gasteiger charge is -2.33. The third-order valence-electron chi connectivity index (χ3n) is 4.11. The molecule has 1 N–H and O–H groups in total. The number of benzene rings is 1. The number of alkyl halides is 3. The molecule has 0 aliphatic carbocycles. The molecule has 0 atom stereocenters. The molecule has 9 heteroatoms. The van der Waals surface area contributed by atoms with Crippen LogP contribution in [0, 0.1) is 0 Å². The Labute approximate surface area is 140 Å². The van der Waals surface area contributed by atoms with E-state index in [2.05, 4.69) is 0 Å². The molecular weight excluding hydrogens is 341 g/mol. The molecule has 1 aliphatic heterocycles. The summed E-state index contributed by atoms with van der Waals surface area (Å²) >= 11 is 0. The number of fused-ring (bicyclic) bond motifs is 1. The first-order valence-electron chi connectivity index (χ1n) is 7.58. The molecule has 2 aromatic rings. The largest absolute Gasteiger partial charge is 0.451 e. The van der Waals surface area contributed by atoms with E-state index < -0.39 is 30.2 Å². The molecule has 6 nitrogen and oxygen atoms in total. The first-order chi connectivity index (χ1) is 11.8. The van der Waals surface area contributed by atoms with E-state index in [1.165, 1.54) is 21.9 Å². The van der Waals surface area contributed by atoms with Gasteiger partial charge in [-0.25, -0.2) is 0 Å². The molecule has 1 saturated heterocycles. The normalized spacial score (nSPS) is 15.7. The molecule has 2 heterocycles. The van der Waals surface area contributed by atoms with Crippen LogP contribution in [0.5, 0.6) is 0 Å². The lowest BCUT2D eigenvalue weighted by atomic mass is 10.1. The van der Waals surface area contributed by atoms with Gasteiger partial charge in [0.15, 0.2) is 5.76 Å². The van der Waals surface area contributed by atoms with Gasteiger partial charge in [0.05, 0.1) is 5.56 Å². The Kier molecular flexibility index (Phi) is 4.42. The SMILES string of the molecule is O=C(CO)N1CCN(C(=O)c2cc3cc(C(F)(F)F)ccc3o2)CC1. The van der Waals surface area contributed by atoms with Crippen LogP contribution in [-0.2, 0) is 11.0 Å². The van der Waals surface area contributed by atoms with E-state index in [4.69, 9.17) is 9.52 Å². The maximum Gasteiger partial charge on any atom is 0.416 e. The van der Waals surface area contributed by atoms with Crippen molar-refractivity contribution in [3.8, 4) is 0 Å². The zero-order valence-electron chi connectivity index (χ0n) is 13.0. The van der Waals surface area contributed by atoms with Gasteiger partial charge in [-0.2, -0.15) is 13.2 Å². The summed E-state index contributed by atoms with van der Waals surface area (Å²) in [5.41, 5.74) is -0.610. The minimum absolute atomic E-state index is 0.0451. The summed E-state index contributed by atoms with van der Waals surface area (Å²) in [6.07, 6.45) is -4.47. The second-order valence-electron chi connectivity index (χ2n) is 5.69. The Bertz CT molecular complexity index is 807. The van der Waals surface area contributed by atoms with Crippen molar-refractivity contribution >= 4 is 22.8 Å². The Morgan fingerprint density at radius 3 is 2.32 bits per heavy atom. The highest BCUT2D eigenvalue weighted by Gasteiger charge is 2.31. The fourth-order valence-corrected chi connectivity index (χ4v) is 2.74. The predicted octanol–water partition coefficient (Wildman–Crippen LogP) is 1.73. The number of piperazine rings is 1. The van der Waals surface area contributed by atoms with E-state index in [-0.39, 0.29) is 42.9 Å². The molecule has 0 radical (unpaired) electrons. The van der Waals surface area contributed by atoms with Crippen molar-refractivity contribution < 1.29 is 32.3 Å². The van der Waals surface area contributed by atoms with Crippen molar-refractivity contribution in [2.24, 2.45) is 0 Å². The number of hydrogen-bond donors (Lipinski definition) is 1. The molecule has 0 bridgehead atoms. The van der Waals surface area contributed by atoms with Gasteiger partial charge in [-0.1, -0.05) is 0 Å². The van der Waals surface area contributed by atoms with Crippen LogP contribution in [0.2, 0.25) is 0 Å². The molecular formula is C16H15F3N2O4. The van der Waals surface area contributed by atoms with Crippen LogP contribution in [0.3, 0.4) is 0 Å². The number of rotatable bonds is 2. The molecule has 2 amide bonds. The summed E-state index contributed by atoms with van der Waals surface area (Å²) in [5.74, 6) is -0.896. The molecule has 1 fully saturated rings. The Balaban J connectivity index is 1.76. The molecule has 1 aromatic heterocycles. The van der Waals surface area contributed by atoms with Crippen LogP contribution in [0.4, 0.5) is 13.2 Å². The zero-order valence-corrected chi connectivity index (χ0v) is 13.0. The van der Waals surface area contributed by atoms with Crippen LogP contribution in [0.1, 0.15) is 16.1 Å². The molecule has 3 rings (SSSR count). The van der Waals surface area contributed by atoms with Crippen LogP contribution in [0.15, 0.2) is 28.7 Å². The minimum Gasteiger partial charge on any atom is -0.451 e. The highest BCUT2D eigenvalue weighted by atomic mass is 19.4. The maximum atomic E-state index is 12.7. The van der Waals surface area contributed by atoms with E-state index in [1.807, 2.05) is 0 Å². The number of halogens is 3. The summed E-state index contributed by atoms with van der Waals surface area (Å²) in [6, 6.07) is 4.32. The number of amides is 2. The van der Waals surface area contributed by atoms with Gasteiger partial charge in [0.25, 0.3) is 5.91 Å². The summed E-state index contributed by atoms with van der Waals surface area (Å²) in [7, 11) is 0. The summed E-state index contributed by atoms with van der Waals surface area (Å²) in [4.78, 5) is 26.8. The second-order valence-corrected chi connectivity index (χ2v) is 5.69. The number of nitrogens with zero attached hydrogens (tertiary/aromatic N) is 2. The Morgan fingerprint density at radius 2 is 1.72 bits per heavy atom. The number of furan rings is 1. The molecule has 25 heavy (non-hydrogen) atoms. The third-order valence-corrected chi connectivity index (χ3v) is 4.11. The molecule has 0 saturated carbocycles. The van der Waals surface area contributed by atoms with E-state index in [1.54, 1.807) is 0 Å². The van der Waals surface area contributed by atoms with E-state index in [0.717, 1.165) is 12.1 Å². The quantitative estimate of drug-likeness (QED) is 0.889. The lowest BCUT2D eigenvalue weighted by molar-refractivity contribution is -0.137. The van der Waals surface area contributed by atoms with Crippen molar-refractivity contribution in [2.75, 3.05) is 32.8 Å². The number of aliphatic hydroxyl groups is 1. The summed E-state index contributed by atoms with van der Waals surface area (Å²) in [5, 5.41) is 9.03. The zero-order chi connectivity index (χ0) is 18.2. The van der Waals surface area contributed by atoms with Crippen molar-refractivity contribution in [2.45, 2.75) is 6.18 Å². The smallest absolute Gasteiger partial charge is 0.416 e. The second kappa shape index (κ2) is 6.40. The average molecular weight is 356 g/mol. The first kappa shape index (κ1) is 17.3. The fraction of sp³-hybridized carbons (Fsp3) is 0.375. The predicted molar refractivity (Wildman–Crippen MR) is 80.8 cm³/mol. The molecule has 1 aliphatic rings. The van der Waals surface area contributed by atoms with Gasteiger partial charge in [-0.3, -0.25) is 9.59 Å². The first-order valence-corrected chi connectivity index (χ1v) is 7.58. The van der Waals surface area contributed by atoms with Crippen molar-refractivity contribution in [1.29, 1.82) is 0 Å². The van der Waals surface area contributed by atoms with Crippen LogP contribution in [-0.4, -0.2) is 59.5 Å². The molecule has 0 spiro atoms. The Morgan fingerprint density at radius 1 is 1.08 bits per heavy atom. The van der Waals surface area contributed by atoms with Gasteiger partial charge in [0, 0.05) is 31.6 Å². The highest BCUT2D eigenvalue weighted by Crippen LogP contribution is 2.32. The minimum atomic E-state index is -4.47. The monoisotopic (exact) mass is 356 g/mol. The van der Waals surface area contributed by atoms with Gasteiger partial charge in [0.2, 0.25) is 5.91 Å². The van der Waals surface area contributed by atoms with Gasteiger partial charge in [-0.15, -0.1) is 0 Å². The van der Waals surface area contributed by atoms with Gasteiger partial charge in [0.1, 0.15) is 12.2 Å². The third kappa shape index (κ3) is 3.46. The summed E-state index contributed by atoms with van der Waals surface area (Å²) in [6.45, 7) is 0.497. The fourth-order valence-electron chi connectivity index (χ4n) is 2.74. The lowest BCUT2D eigenvalue weighted by Crippen LogP contribution is -2.51. The van der Waals surface area contributed by atoms with E-state index >= 15 is 0 Å². The van der Waals surface area contributed by atoms with Crippen LogP contribution < -0.4 is 0 Å². The van der Waals surface area contributed by atoms with Crippen molar-refractivity contribution in [3.05, 3.63) is 35.6 Å². The average Bonchev–Trinajstić information content (AvgIpc) is 3.03. The van der Waals surface area contributed by atoms with Crippen LogP contribution >= 0.6 is 0 Å². The summed E-state index contributed by atoms with van der Waals surface area (Å²) < 4.78 is 43.6. The van der Waals surface area contributed by atoms with Crippen LogP contribution in [0.25, 0.3) is 11.0 Å². The number of carbonyl (C=O) groups excluding carboxylic acids is 2. The molecule has 134 valence electrons. The highest BCUT2D eigenvalue weighted by molar-refractivity contribution is 5.96. The topological polar surface area (TPSA) is 74.0 Å². The number of aliphatic hydroxyl groups excluding tert-OH is 1.